The molecule has 32 heavy (non-hydrogen) atoms. The van der Waals surface area contributed by atoms with Gasteiger partial charge in [-0.1, -0.05) is 43.7 Å². The fourth-order valence-corrected chi connectivity index (χ4v) is 7.88. The maximum absolute atomic E-state index is 12.2. The molecule has 2 saturated carbocycles. The van der Waals surface area contributed by atoms with Crippen molar-refractivity contribution in [2.24, 2.45) is 22.7 Å². The molecule has 4 aliphatic carbocycles. The summed E-state index contributed by atoms with van der Waals surface area (Å²) in [5, 5.41) is 0. The Morgan fingerprint density at radius 2 is 1.78 bits per heavy atom. The minimum atomic E-state index is 0.267. The van der Waals surface area contributed by atoms with E-state index >= 15 is 0 Å². The Labute approximate surface area is 194 Å². The topological polar surface area (TPSA) is 20.3 Å². The van der Waals surface area contributed by atoms with Crippen LogP contribution in [0.15, 0.2) is 59.2 Å². The second-order valence-corrected chi connectivity index (χ2v) is 11.4. The van der Waals surface area contributed by atoms with Gasteiger partial charge in [0.2, 0.25) is 0 Å². The maximum Gasteiger partial charge on any atom is 0.156 e. The third-order valence-electron chi connectivity index (χ3n) is 9.75. The molecule has 1 aromatic carbocycles. The van der Waals surface area contributed by atoms with Gasteiger partial charge in [0.1, 0.15) is 0 Å². The van der Waals surface area contributed by atoms with Crippen LogP contribution in [0.4, 0.5) is 5.69 Å². The number of benzene rings is 1. The van der Waals surface area contributed by atoms with Crippen LogP contribution >= 0.6 is 0 Å². The zero-order chi connectivity index (χ0) is 22.7. The van der Waals surface area contributed by atoms with Gasteiger partial charge in [-0.15, -0.1) is 0 Å². The van der Waals surface area contributed by atoms with E-state index in [1.807, 2.05) is 6.08 Å². The summed E-state index contributed by atoms with van der Waals surface area (Å²) < 4.78 is 0. The normalized spacial score (nSPS) is 36.6. The molecule has 4 aliphatic rings. The van der Waals surface area contributed by atoms with Crippen molar-refractivity contribution in [1.29, 1.82) is 0 Å². The summed E-state index contributed by atoms with van der Waals surface area (Å²) in [6.45, 7) is 7.31. The number of ketones is 1. The Bertz CT molecular complexity index is 1010. The second-order valence-electron chi connectivity index (χ2n) is 11.4. The Kier molecular flexibility index (Phi) is 5.26. The lowest BCUT2D eigenvalue weighted by atomic mass is 9.49. The molecule has 0 amide bonds. The smallest absolute Gasteiger partial charge is 0.156 e. The molecule has 2 heteroatoms. The predicted octanol–water partition coefficient (Wildman–Crippen LogP) is 7.23. The first-order valence-corrected chi connectivity index (χ1v) is 12.7. The van der Waals surface area contributed by atoms with Crippen LogP contribution < -0.4 is 4.90 Å². The van der Waals surface area contributed by atoms with Crippen LogP contribution in [0.2, 0.25) is 0 Å². The van der Waals surface area contributed by atoms with Gasteiger partial charge in [-0.25, -0.2) is 0 Å². The molecule has 0 spiro atoms. The van der Waals surface area contributed by atoms with Crippen LogP contribution in [0, 0.1) is 22.7 Å². The number of nitrogens with zero attached hydrogens (tertiary/aromatic N) is 1. The lowest BCUT2D eigenvalue weighted by Crippen LogP contribution is -2.46. The molecule has 0 aliphatic heterocycles. The Morgan fingerprint density at radius 3 is 2.47 bits per heavy atom. The summed E-state index contributed by atoms with van der Waals surface area (Å²) in [5.41, 5.74) is 7.93. The number of fused-ring (bicyclic) bond motifs is 4. The number of rotatable bonds is 3. The van der Waals surface area contributed by atoms with Crippen molar-refractivity contribution in [1.82, 2.24) is 0 Å². The molecular formula is C30H39NO. The van der Waals surface area contributed by atoms with E-state index < -0.39 is 0 Å². The molecule has 0 unspecified atom stereocenters. The molecule has 170 valence electrons. The summed E-state index contributed by atoms with van der Waals surface area (Å²) in [7, 11) is 4.22. The van der Waals surface area contributed by atoms with Crippen molar-refractivity contribution < 1.29 is 4.79 Å². The SMILES string of the molecule is C/C=C\[C@]1(C)CC[C@H]2[C@@H]3CCC4=CC(=O)CCC4=C3[C@@H](c3ccc(N(C)C)cc3)C[C@@]21C. The van der Waals surface area contributed by atoms with Crippen molar-refractivity contribution in [3.63, 3.8) is 0 Å². The van der Waals surface area contributed by atoms with E-state index in [-0.39, 0.29) is 5.41 Å². The molecule has 5 atom stereocenters. The van der Waals surface area contributed by atoms with Gasteiger partial charge >= 0.3 is 0 Å². The molecule has 2 fully saturated rings. The first-order valence-electron chi connectivity index (χ1n) is 12.7. The summed E-state index contributed by atoms with van der Waals surface area (Å²) in [5.74, 6) is 2.21. The maximum atomic E-state index is 12.2. The fraction of sp³-hybridized carbons (Fsp3) is 0.567. The molecule has 5 rings (SSSR count). The van der Waals surface area contributed by atoms with E-state index in [2.05, 4.69) is 76.2 Å². The summed E-state index contributed by atoms with van der Waals surface area (Å²) in [4.78, 5) is 14.4. The molecule has 0 saturated heterocycles. The highest BCUT2D eigenvalue weighted by Crippen LogP contribution is 2.69. The number of anilines is 1. The monoisotopic (exact) mass is 429 g/mol. The summed E-state index contributed by atoms with van der Waals surface area (Å²) >= 11 is 0. The lowest BCUT2D eigenvalue weighted by molar-refractivity contribution is -0.114. The van der Waals surface area contributed by atoms with Gasteiger partial charge in [-0.05, 0) is 103 Å². The summed E-state index contributed by atoms with van der Waals surface area (Å²) in [6, 6.07) is 9.33. The van der Waals surface area contributed by atoms with Crippen LogP contribution in [0.25, 0.3) is 0 Å². The van der Waals surface area contributed by atoms with Crippen molar-refractivity contribution in [2.75, 3.05) is 19.0 Å². The first kappa shape index (κ1) is 21.7. The van der Waals surface area contributed by atoms with E-state index in [1.54, 1.807) is 11.1 Å². The van der Waals surface area contributed by atoms with E-state index in [1.165, 1.54) is 42.5 Å². The summed E-state index contributed by atoms with van der Waals surface area (Å²) in [6.07, 6.45) is 14.6. The second kappa shape index (κ2) is 7.75. The van der Waals surface area contributed by atoms with Gasteiger partial charge in [0.15, 0.2) is 5.78 Å². The van der Waals surface area contributed by atoms with E-state index in [9.17, 15) is 4.79 Å². The molecule has 0 heterocycles. The van der Waals surface area contributed by atoms with E-state index in [0.717, 1.165) is 18.8 Å². The first-order chi connectivity index (χ1) is 15.3. The minimum Gasteiger partial charge on any atom is -0.378 e. The number of hydrogen-bond donors (Lipinski definition) is 0. The van der Waals surface area contributed by atoms with Crippen LogP contribution in [-0.4, -0.2) is 19.9 Å². The molecule has 0 aromatic heterocycles. The zero-order valence-electron chi connectivity index (χ0n) is 20.6. The van der Waals surface area contributed by atoms with Gasteiger partial charge in [-0.2, -0.15) is 0 Å². The molecule has 1 aromatic rings. The fourth-order valence-electron chi connectivity index (χ4n) is 7.88. The highest BCUT2D eigenvalue weighted by atomic mass is 16.1. The number of carbonyl (C=O) groups excluding carboxylic acids is 1. The largest absolute Gasteiger partial charge is 0.378 e. The third-order valence-corrected chi connectivity index (χ3v) is 9.75. The Morgan fingerprint density at radius 1 is 1.03 bits per heavy atom. The van der Waals surface area contributed by atoms with Gasteiger partial charge < -0.3 is 4.90 Å². The van der Waals surface area contributed by atoms with Crippen LogP contribution in [0.1, 0.15) is 77.2 Å². The average molecular weight is 430 g/mol. The van der Waals surface area contributed by atoms with E-state index in [4.69, 9.17) is 0 Å². The Balaban J connectivity index is 1.66. The molecule has 2 nitrogen and oxygen atoms in total. The molecule has 0 N–H and O–H groups in total. The van der Waals surface area contributed by atoms with Gasteiger partial charge in [0.05, 0.1) is 0 Å². The van der Waals surface area contributed by atoms with Crippen molar-refractivity contribution in [3.05, 3.63) is 64.8 Å². The standard InChI is InChI=1S/C30H39NO/c1-6-16-29(2)17-15-27-25-13-9-21-18-23(32)12-14-24(21)28(25)26(19-30(27,29)3)20-7-10-22(11-8-20)31(4)5/h6-8,10-11,16,18,25-27H,9,12-15,17,19H2,1-5H3/b16-6-/t25-,26+,27-,29+,30-/m0/s1. The lowest BCUT2D eigenvalue weighted by Gasteiger charge is -2.55. The van der Waals surface area contributed by atoms with Gasteiger partial charge in [-0.3, -0.25) is 4.79 Å². The minimum absolute atomic E-state index is 0.267. The quantitative estimate of drug-likeness (QED) is 0.472. The van der Waals surface area contributed by atoms with Crippen molar-refractivity contribution >= 4 is 11.5 Å². The van der Waals surface area contributed by atoms with Crippen molar-refractivity contribution in [2.45, 2.75) is 71.6 Å². The number of allylic oxidation sites excluding steroid dienone is 6. The zero-order valence-corrected chi connectivity index (χ0v) is 20.6. The molecular weight excluding hydrogens is 390 g/mol. The highest BCUT2D eigenvalue weighted by molar-refractivity contribution is 5.93. The van der Waals surface area contributed by atoms with Gasteiger partial charge in [0.25, 0.3) is 0 Å². The van der Waals surface area contributed by atoms with Gasteiger partial charge in [0, 0.05) is 32.1 Å². The highest BCUT2D eigenvalue weighted by Gasteiger charge is 2.60. The number of hydrogen-bond acceptors (Lipinski definition) is 2. The third kappa shape index (κ3) is 3.17. The van der Waals surface area contributed by atoms with Crippen LogP contribution in [0.3, 0.4) is 0 Å². The van der Waals surface area contributed by atoms with Crippen LogP contribution in [-0.2, 0) is 4.79 Å². The Hall–Kier alpha value is -2.09. The predicted molar refractivity (Wildman–Crippen MR) is 134 cm³/mol. The average Bonchev–Trinajstić information content (AvgIpc) is 3.03. The molecule has 0 radical (unpaired) electrons. The number of carbonyl (C=O) groups is 1. The van der Waals surface area contributed by atoms with E-state index in [0.29, 0.717) is 29.5 Å². The molecule has 0 bridgehead atoms. The van der Waals surface area contributed by atoms with Crippen molar-refractivity contribution in [3.8, 4) is 0 Å². The van der Waals surface area contributed by atoms with Crippen LogP contribution in [0.5, 0.6) is 0 Å².